The number of nitrogens with zero attached hydrogens (tertiary/aromatic N) is 2. The van der Waals surface area contributed by atoms with Crippen molar-refractivity contribution in [2.24, 2.45) is 5.73 Å². The Morgan fingerprint density at radius 2 is 1.90 bits per heavy atom. The normalized spacial score (nSPS) is 17.3. The number of nitriles is 1. The van der Waals surface area contributed by atoms with Gasteiger partial charge in [0.2, 0.25) is 0 Å². The highest BCUT2D eigenvalue weighted by Crippen LogP contribution is 2.48. The van der Waals surface area contributed by atoms with Gasteiger partial charge in [0.25, 0.3) is 0 Å². The quantitative estimate of drug-likeness (QED) is 0.367. The van der Waals surface area contributed by atoms with Crippen molar-refractivity contribution < 1.29 is 13.9 Å². The summed E-state index contributed by atoms with van der Waals surface area (Å²) in [6, 6.07) is 18.2. The Morgan fingerprint density at radius 3 is 2.62 bits per heavy atom. The van der Waals surface area contributed by atoms with E-state index in [1.54, 1.807) is 0 Å². The highest BCUT2D eigenvalue weighted by molar-refractivity contribution is 6.32. The molecule has 0 aromatic heterocycles. The van der Waals surface area contributed by atoms with E-state index in [2.05, 4.69) is 6.07 Å². The van der Waals surface area contributed by atoms with Gasteiger partial charge >= 0.3 is 0 Å². The van der Waals surface area contributed by atoms with Gasteiger partial charge in [0.1, 0.15) is 24.0 Å². The van der Waals surface area contributed by atoms with E-state index in [4.69, 9.17) is 22.1 Å². The van der Waals surface area contributed by atoms with Crippen LogP contribution in [0.3, 0.4) is 0 Å². The summed E-state index contributed by atoms with van der Waals surface area (Å²) in [5.41, 5.74) is 14.1. The first kappa shape index (κ1) is 26.5. The molecular formula is C32H29ClFN3O2. The van der Waals surface area contributed by atoms with Gasteiger partial charge < -0.3 is 10.5 Å². The maximum atomic E-state index is 13.6. The molecule has 1 heterocycles. The summed E-state index contributed by atoms with van der Waals surface area (Å²) < 4.78 is 19.5. The van der Waals surface area contributed by atoms with E-state index in [0.29, 0.717) is 35.6 Å². The zero-order valence-corrected chi connectivity index (χ0v) is 22.9. The number of Topliss-reactive ketones (excluding diaryl/α,β-unsaturated/α-hetero) is 1. The molecule has 0 spiro atoms. The zero-order valence-electron chi connectivity index (χ0n) is 22.1. The van der Waals surface area contributed by atoms with Crippen LogP contribution in [0.2, 0.25) is 5.02 Å². The van der Waals surface area contributed by atoms with Crippen molar-refractivity contribution in [1.29, 1.82) is 5.26 Å². The molecule has 3 aromatic carbocycles. The van der Waals surface area contributed by atoms with Gasteiger partial charge in [-0.2, -0.15) is 5.26 Å². The molecule has 39 heavy (non-hydrogen) atoms. The van der Waals surface area contributed by atoms with E-state index in [-0.39, 0.29) is 17.4 Å². The lowest BCUT2D eigenvalue weighted by molar-refractivity contribution is -0.116. The van der Waals surface area contributed by atoms with Crippen molar-refractivity contribution in [3.8, 4) is 11.8 Å². The predicted molar refractivity (Wildman–Crippen MR) is 151 cm³/mol. The topological polar surface area (TPSA) is 79.3 Å². The number of rotatable bonds is 5. The molecular weight excluding hydrogens is 513 g/mol. The largest absolute Gasteiger partial charge is 0.487 e. The fraction of sp³-hybridized carbons (Fsp3) is 0.250. The van der Waals surface area contributed by atoms with Crippen LogP contribution in [0.4, 0.5) is 10.1 Å². The van der Waals surface area contributed by atoms with Crippen molar-refractivity contribution in [3.63, 3.8) is 0 Å². The number of para-hydroxylation sites is 1. The molecule has 1 atom stereocenters. The second-order valence-corrected chi connectivity index (χ2v) is 10.5. The summed E-state index contributed by atoms with van der Waals surface area (Å²) in [5, 5.41) is 10.6. The van der Waals surface area contributed by atoms with Crippen molar-refractivity contribution >= 4 is 23.1 Å². The van der Waals surface area contributed by atoms with Gasteiger partial charge in [0, 0.05) is 17.7 Å². The number of allylic oxidation sites excluding steroid dienone is 3. The highest BCUT2D eigenvalue weighted by atomic mass is 35.5. The Morgan fingerprint density at radius 1 is 1.13 bits per heavy atom. The average molecular weight is 542 g/mol. The van der Waals surface area contributed by atoms with Gasteiger partial charge in [-0.05, 0) is 80.1 Å². The number of carbonyl (C=O) groups is 1. The first-order valence-corrected chi connectivity index (χ1v) is 13.3. The summed E-state index contributed by atoms with van der Waals surface area (Å²) in [6.45, 7) is 6.12. The van der Waals surface area contributed by atoms with Crippen LogP contribution in [-0.2, 0) is 11.4 Å². The van der Waals surface area contributed by atoms with Gasteiger partial charge in [0.05, 0.1) is 28.3 Å². The van der Waals surface area contributed by atoms with E-state index in [1.165, 1.54) is 18.2 Å². The van der Waals surface area contributed by atoms with Crippen LogP contribution in [0.5, 0.6) is 5.75 Å². The van der Waals surface area contributed by atoms with Gasteiger partial charge in [-0.25, -0.2) is 4.39 Å². The first-order valence-electron chi connectivity index (χ1n) is 12.9. The monoisotopic (exact) mass is 541 g/mol. The van der Waals surface area contributed by atoms with Crippen molar-refractivity contribution in [3.05, 3.63) is 116 Å². The Bertz CT molecular complexity index is 1600. The van der Waals surface area contributed by atoms with E-state index < -0.39 is 11.7 Å². The molecule has 5 nitrogen and oxygen atoms in total. The molecule has 1 aliphatic heterocycles. The van der Waals surface area contributed by atoms with Crippen LogP contribution in [0.1, 0.15) is 53.0 Å². The van der Waals surface area contributed by atoms with Crippen molar-refractivity contribution in [2.45, 2.75) is 52.6 Å². The van der Waals surface area contributed by atoms with Crippen LogP contribution in [-0.4, -0.2) is 5.78 Å². The van der Waals surface area contributed by atoms with E-state index >= 15 is 0 Å². The number of hydrogen-bond donors (Lipinski definition) is 1. The molecule has 3 aromatic rings. The molecule has 0 radical (unpaired) electrons. The SMILES string of the molecule is Cc1cc(COc2ccc(F)cc2Cl)c(C)c(C2C(C#N)=C(N)N(c3ccccc3C)C3=C2C(=O)CCC3)c1. The Labute approximate surface area is 233 Å². The second kappa shape index (κ2) is 10.6. The number of carbonyl (C=O) groups excluding carboxylic acids is 1. The third kappa shape index (κ3) is 4.79. The van der Waals surface area contributed by atoms with Crippen LogP contribution >= 0.6 is 11.6 Å². The standard InChI is InChI=1S/C32H29ClFN3O2/c1-18-13-21(17-39-29-12-11-22(34)15-25(29)33)20(3)23(14-18)30-24(16-35)32(36)37(26-8-5-4-7-19(26)2)27-9-6-10-28(38)31(27)30/h4-5,7-8,11-15,30H,6,9-10,17,36H2,1-3H3. The highest BCUT2D eigenvalue weighted by Gasteiger charge is 2.41. The van der Waals surface area contributed by atoms with Crippen molar-refractivity contribution in [2.75, 3.05) is 4.90 Å². The zero-order chi connectivity index (χ0) is 27.8. The lowest BCUT2D eigenvalue weighted by Gasteiger charge is -2.40. The summed E-state index contributed by atoms with van der Waals surface area (Å²) in [4.78, 5) is 15.5. The van der Waals surface area contributed by atoms with Gasteiger partial charge in [-0.3, -0.25) is 9.69 Å². The maximum Gasteiger partial charge on any atom is 0.161 e. The fourth-order valence-corrected chi connectivity index (χ4v) is 5.87. The number of benzene rings is 3. The molecule has 1 unspecified atom stereocenters. The molecule has 0 bridgehead atoms. The van der Waals surface area contributed by atoms with E-state index in [0.717, 1.165) is 45.6 Å². The summed E-state index contributed by atoms with van der Waals surface area (Å²) in [5.74, 6) is -0.250. The minimum Gasteiger partial charge on any atom is -0.487 e. The van der Waals surface area contributed by atoms with Crippen molar-refractivity contribution in [1.82, 2.24) is 0 Å². The number of hydrogen-bond acceptors (Lipinski definition) is 5. The number of ether oxygens (including phenoxy) is 1. The third-order valence-electron chi connectivity index (χ3n) is 7.56. The summed E-state index contributed by atoms with van der Waals surface area (Å²) in [6.07, 6.45) is 1.85. The fourth-order valence-electron chi connectivity index (χ4n) is 5.65. The number of aryl methyl sites for hydroxylation is 2. The average Bonchev–Trinajstić information content (AvgIpc) is 2.90. The van der Waals surface area contributed by atoms with Crippen LogP contribution in [0.25, 0.3) is 0 Å². The number of nitrogens with two attached hydrogens (primary N) is 1. The lowest BCUT2D eigenvalue weighted by atomic mass is 9.73. The van der Waals surface area contributed by atoms with Crippen LogP contribution < -0.4 is 15.4 Å². The molecule has 0 fully saturated rings. The third-order valence-corrected chi connectivity index (χ3v) is 7.85. The second-order valence-electron chi connectivity index (χ2n) is 10.1. The molecule has 2 N–H and O–H groups in total. The molecule has 198 valence electrons. The van der Waals surface area contributed by atoms with Gasteiger partial charge in [-0.1, -0.05) is 47.5 Å². The van der Waals surface area contributed by atoms with E-state index in [9.17, 15) is 14.4 Å². The van der Waals surface area contributed by atoms with Gasteiger partial charge in [-0.15, -0.1) is 0 Å². The lowest BCUT2D eigenvalue weighted by Crippen LogP contribution is -2.39. The Balaban J connectivity index is 1.64. The Hall–Kier alpha value is -4.08. The van der Waals surface area contributed by atoms with Crippen LogP contribution in [0, 0.1) is 37.9 Å². The molecule has 1 aliphatic carbocycles. The first-order chi connectivity index (χ1) is 18.7. The number of anilines is 1. The molecule has 2 aliphatic rings. The summed E-state index contributed by atoms with van der Waals surface area (Å²) in [7, 11) is 0. The van der Waals surface area contributed by atoms with E-state index in [1.807, 2.05) is 62.1 Å². The number of halogens is 2. The molecule has 0 amide bonds. The molecule has 0 saturated carbocycles. The minimum absolute atomic E-state index is 0.0388. The number of ketones is 1. The molecule has 7 heteroatoms. The minimum atomic E-state index is -0.578. The van der Waals surface area contributed by atoms with Gasteiger partial charge in [0.15, 0.2) is 5.78 Å². The molecule has 5 rings (SSSR count). The van der Waals surface area contributed by atoms with Crippen LogP contribution in [0.15, 0.2) is 77.3 Å². The predicted octanol–water partition coefficient (Wildman–Crippen LogP) is 7.29. The summed E-state index contributed by atoms with van der Waals surface area (Å²) >= 11 is 6.17. The maximum absolute atomic E-state index is 13.6. The molecule has 0 saturated heterocycles. The Kier molecular flexibility index (Phi) is 7.20. The smallest absolute Gasteiger partial charge is 0.161 e.